The van der Waals surface area contributed by atoms with Gasteiger partial charge in [0.1, 0.15) is 0 Å². The molecule has 150 valence electrons. The number of thioether (sulfide) groups is 1. The minimum atomic E-state index is 0.106. The number of aryl methyl sites for hydroxylation is 2. The van der Waals surface area contributed by atoms with Gasteiger partial charge in [-0.05, 0) is 37.1 Å². The molecular weight excluding hydrogens is 384 g/mol. The van der Waals surface area contributed by atoms with Crippen molar-refractivity contribution in [2.24, 2.45) is 0 Å². The van der Waals surface area contributed by atoms with Crippen molar-refractivity contribution in [2.75, 3.05) is 32.1 Å². The molecule has 0 radical (unpaired) electrons. The van der Waals surface area contributed by atoms with Gasteiger partial charge in [-0.3, -0.25) is 9.36 Å². The van der Waals surface area contributed by atoms with Crippen LogP contribution in [0.25, 0.3) is 17.1 Å². The van der Waals surface area contributed by atoms with E-state index >= 15 is 0 Å². The van der Waals surface area contributed by atoms with Crippen LogP contribution in [0.4, 0.5) is 0 Å². The average molecular weight is 409 g/mol. The first-order valence-corrected chi connectivity index (χ1v) is 10.7. The maximum absolute atomic E-state index is 12.6. The highest BCUT2D eigenvalue weighted by atomic mass is 32.2. The fraction of sp³-hybridized carbons (Fsp3) is 0.318. The van der Waals surface area contributed by atoms with Crippen molar-refractivity contribution >= 4 is 17.7 Å². The van der Waals surface area contributed by atoms with Gasteiger partial charge in [0.25, 0.3) is 0 Å². The molecule has 1 aliphatic rings. The molecule has 0 atom stereocenters. The number of morpholine rings is 1. The lowest BCUT2D eigenvalue weighted by Gasteiger charge is -2.26. The topological polar surface area (TPSA) is 60.2 Å². The minimum absolute atomic E-state index is 0.106. The van der Waals surface area contributed by atoms with E-state index in [0.717, 1.165) is 17.1 Å². The van der Waals surface area contributed by atoms with E-state index in [1.165, 1.54) is 22.9 Å². The summed E-state index contributed by atoms with van der Waals surface area (Å²) in [4.78, 5) is 14.4. The zero-order valence-corrected chi connectivity index (χ0v) is 17.5. The Labute approximate surface area is 174 Å². The molecule has 1 amide bonds. The third-order valence-corrected chi connectivity index (χ3v) is 6.02. The summed E-state index contributed by atoms with van der Waals surface area (Å²) in [5, 5.41) is 9.59. The molecule has 4 rings (SSSR count). The molecule has 1 aliphatic heterocycles. The lowest BCUT2D eigenvalue weighted by molar-refractivity contribution is -0.132. The highest BCUT2D eigenvalue weighted by Gasteiger charge is 2.21. The standard InChI is InChI=1S/C22H24N4O2S/c1-16-8-9-19(14-17(16)2)26-21(18-6-4-3-5-7-18)23-24-22(26)29-15-20(27)25-10-12-28-13-11-25/h3-9,14H,10-13,15H2,1-2H3. The van der Waals surface area contributed by atoms with E-state index in [9.17, 15) is 4.79 Å². The van der Waals surface area contributed by atoms with Gasteiger partial charge in [0, 0.05) is 18.7 Å². The fourth-order valence-corrected chi connectivity index (χ4v) is 4.12. The Morgan fingerprint density at radius 1 is 1.03 bits per heavy atom. The summed E-state index contributed by atoms with van der Waals surface area (Å²) in [7, 11) is 0. The van der Waals surface area contributed by atoms with E-state index in [2.05, 4.69) is 42.2 Å². The second kappa shape index (κ2) is 8.80. The van der Waals surface area contributed by atoms with Crippen LogP contribution in [-0.2, 0) is 9.53 Å². The Morgan fingerprint density at radius 2 is 1.79 bits per heavy atom. The van der Waals surface area contributed by atoms with Crippen LogP contribution in [0.15, 0.2) is 53.7 Å². The number of benzene rings is 2. The number of rotatable bonds is 5. The number of hydrogen-bond acceptors (Lipinski definition) is 5. The largest absolute Gasteiger partial charge is 0.378 e. The van der Waals surface area contributed by atoms with Crippen LogP contribution < -0.4 is 0 Å². The predicted molar refractivity (Wildman–Crippen MR) is 114 cm³/mol. The number of aromatic nitrogens is 3. The molecule has 1 fully saturated rings. The van der Waals surface area contributed by atoms with Crippen LogP contribution in [0.5, 0.6) is 0 Å². The number of hydrogen-bond donors (Lipinski definition) is 0. The molecule has 0 saturated carbocycles. The van der Waals surface area contributed by atoms with Crippen LogP contribution in [0, 0.1) is 13.8 Å². The van der Waals surface area contributed by atoms with Crippen LogP contribution in [0.3, 0.4) is 0 Å². The third-order valence-electron chi connectivity index (χ3n) is 5.10. The van der Waals surface area contributed by atoms with Crippen molar-refractivity contribution in [3.05, 3.63) is 59.7 Å². The summed E-state index contributed by atoms with van der Waals surface area (Å²) < 4.78 is 7.38. The second-order valence-corrected chi connectivity index (χ2v) is 8.00. The first-order valence-electron chi connectivity index (χ1n) is 9.70. The molecular formula is C22H24N4O2S. The molecule has 3 aromatic rings. The fourth-order valence-electron chi connectivity index (χ4n) is 3.27. The Hall–Kier alpha value is -2.64. The summed E-state index contributed by atoms with van der Waals surface area (Å²) >= 11 is 1.43. The molecule has 7 heteroatoms. The molecule has 2 aromatic carbocycles. The first kappa shape index (κ1) is 19.7. The average Bonchev–Trinajstić information content (AvgIpc) is 3.19. The number of carbonyl (C=O) groups is 1. The van der Waals surface area contributed by atoms with Gasteiger partial charge in [-0.2, -0.15) is 0 Å². The predicted octanol–water partition coefficient (Wildman–Crippen LogP) is 3.50. The zero-order valence-electron chi connectivity index (χ0n) is 16.7. The maximum atomic E-state index is 12.6. The van der Waals surface area contributed by atoms with Gasteiger partial charge in [-0.25, -0.2) is 0 Å². The summed E-state index contributed by atoms with van der Waals surface area (Å²) in [6.07, 6.45) is 0. The summed E-state index contributed by atoms with van der Waals surface area (Å²) in [6.45, 7) is 6.71. The Balaban J connectivity index is 1.65. The SMILES string of the molecule is Cc1ccc(-n2c(SCC(=O)N3CCOCC3)nnc2-c2ccccc2)cc1C. The number of carbonyl (C=O) groups excluding carboxylic acids is 1. The van der Waals surface area contributed by atoms with Crippen LogP contribution >= 0.6 is 11.8 Å². The molecule has 1 saturated heterocycles. The lowest BCUT2D eigenvalue weighted by Crippen LogP contribution is -2.41. The monoisotopic (exact) mass is 408 g/mol. The van der Waals surface area contributed by atoms with E-state index in [0.29, 0.717) is 37.2 Å². The van der Waals surface area contributed by atoms with Crippen molar-refractivity contribution in [1.82, 2.24) is 19.7 Å². The van der Waals surface area contributed by atoms with E-state index in [1.54, 1.807) is 0 Å². The second-order valence-electron chi connectivity index (χ2n) is 7.06. The smallest absolute Gasteiger partial charge is 0.233 e. The van der Waals surface area contributed by atoms with E-state index < -0.39 is 0 Å². The molecule has 6 nitrogen and oxygen atoms in total. The van der Waals surface area contributed by atoms with Crippen LogP contribution in [0.2, 0.25) is 0 Å². The molecule has 2 heterocycles. The zero-order chi connectivity index (χ0) is 20.2. The molecule has 0 N–H and O–H groups in total. The molecule has 0 spiro atoms. The summed E-state index contributed by atoms with van der Waals surface area (Å²) in [5.41, 5.74) is 4.43. The van der Waals surface area contributed by atoms with E-state index in [4.69, 9.17) is 4.74 Å². The number of amides is 1. The van der Waals surface area contributed by atoms with Gasteiger partial charge in [-0.15, -0.1) is 10.2 Å². The highest BCUT2D eigenvalue weighted by Crippen LogP contribution is 2.29. The van der Waals surface area contributed by atoms with Gasteiger partial charge in [-0.1, -0.05) is 48.2 Å². The maximum Gasteiger partial charge on any atom is 0.233 e. The normalized spacial score (nSPS) is 14.2. The first-order chi connectivity index (χ1) is 14.1. The van der Waals surface area contributed by atoms with Crippen molar-refractivity contribution < 1.29 is 9.53 Å². The van der Waals surface area contributed by atoms with Gasteiger partial charge in [0.15, 0.2) is 11.0 Å². The Morgan fingerprint density at radius 3 is 2.52 bits per heavy atom. The molecule has 0 unspecified atom stereocenters. The molecule has 0 aliphatic carbocycles. The van der Waals surface area contributed by atoms with Crippen molar-refractivity contribution in [1.29, 1.82) is 0 Å². The van der Waals surface area contributed by atoms with E-state index in [1.807, 2.05) is 39.8 Å². The molecule has 1 aromatic heterocycles. The third kappa shape index (κ3) is 4.36. The minimum Gasteiger partial charge on any atom is -0.378 e. The highest BCUT2D eigenvalue weighted by molar-refractivity contribution is 7.99. The van der Waals surface area contributed by atoms with Crippen molar-refractivity contribution in [3.8, 4) is 17.1 Å². The van der Waals surface area contributed by atoms with Gasteiger partial charge < -0.3 is 9.64 Å². The van der Waals surface area contributed by atoms with Crippen LogP contribution in [0.1, 0.15) is 11.1 Å². The van der Waals surface area contributed by atoms with Crippen LogP contribution in [-0.4, -0.2) is 57.6 Å². The van der Waals surface area contributed by atoms with Gasteiger partial charge in [0.05, 0.1) is 24.7 Å². The van der Waals surface area contributed by atoms with Crippen molar-refractivity contribution in [3.63, 3.8) is 0 Å². The number of nitrogens with zero attached hydrogens (tertiary/aromatic N) is 4. The quantitative estimate of drug-likeness (QED) is 0.605. The van der Waals surface area contributed by atoms with Crippen molar-refractivity contribution in [2.45, 2.75) is 19.0 Å². The van der Waals surface area contributed by atoms with Gasteiger partial charge in [0.2, 0.25) is 5.91 Å². The molecule has 29 heavy (non-hydrogen) atoms. The summed E-state index contributed by atoms with van der Waals surface area (Å²) in [5.74, 6) is 1.21. The molecule has 0 bridgehead atoms. The Kier molecular flexibility index (Phi) is 5.97. The van der Waals surface area contributed by atoms with Gasteiger partial charge >= 0.3 is 0 Å². The van der Waals surface area contributed by atoms with E-state index in [-0.39, 0.29) is 5.91 Å². The number of ether oxygens (including phenoxy) is 1. The lowest BCUT2D eigenvalue weighted by atomic mass is 10.1. The Bertz CT molecular complexity index is 997. The summed E-state index contributed by atoms with van der Waals surface area (Å²) in [6, 6.07) is 16.3.